The third-order valence-electron chi connectivity index (χ3n) is 5.89. The fourth-order valence-electron chi connectivity index (χ4n) is 4.03. The Morgan fingerprint density at radius 3 is 1.89 bits per heavy atom. The highest BCUT2D eigenvalue weighted by Crippen LogP contribution is 2.18. The van der Waals surface area contributed by atoms with Gasteiger partial charge in [-0.05, 0) is 28.8 Å². The van der Waals surface area contributed by atoms with E-state index in [4.69, 9.17) is 4.74 Å². The van der Waals surface area contributed by atoms with Gasteiger partial charge in [-0.3, -0.25) is 9.69 Å². The maximum atomic E-state index is 12.8. The van der Waals surface area contributed by atoms with Gasteiger partial charge in [-0.1, -0.05) is 72.8 Å². The Morgan fingerprint density at radius 1 is 0.800 bits per heavy atom. The average Bonchev–Trinajstić information content (AvgIpc) is 2.89. The van der Waals surface area contributed by atoms with Crippen LogP contribution in [0.4, 0.5) is 0 Å². The highest BCUT2D eigenvalue weighted by molar-refractivity contribution is 7.89. The molecule has 1 fully saturated rings. The Bertz CT molecular complexity index is 1140. The van der Waals surface area contributed by atoms with Crippen molar-refractivity contribution in [2.45, 2.75) is 24.5 Å². The van der Waals surface area contributed by atoms with Crippen LogP contribution < -0.4 is 5.32 Å². The molecule has 0 aliphatic carbocycles. The summed E-state index contributed by atoms with van der Waals surface area (Å²) in [5, 5.41) is 2.97. The van der Waals surface area contributed by atoms with Crippen molar-refractivity contribution in [3.63, 3.8) is 0 Å². The Labute approximate surface area is 207 Å². The molecule has 1 N–H and O–H groups in total. The van der Waals surface area contributed by atoms with E-state index < -0.39 is 10.0 Å². The number of rotatable bonds is 10. The van der Waals surface area contributed by atoms with Crippen LogP contribution in [0.2, 0.25) is 0 Å². The second-order valence-electron chi connectivity index (χ2n) is 8.55. The molecule has 7 nitrogen and oxygen atoms in total. The van der Waals surface area contributed by atoms with Gasteiger partial charge in [0.1, 0.15) is 0 Å². The van der Waals surface area contributed by atoms with E-state index in [9.17, 15) is 13.2 Å². The van der Waals surface area contributed by atoms with E-state index >= 15 is 0 Å². The van der Waals surface area contributed by atoms with Crippen LogP contribution in [0.5, 0.6) is 0 Å². The summed E-state index contributed by atoms with van der Waals surface area (Å²) in [4.78, 5) is 15.1. The van der Waals surface area contributed by atoms with E-state index in [-0.39, 0.29) is 17.3 Å². The first-order valence-corrected chi connectivity index (χ1v) is 13.2. The fourth-order valence-corrected chi connectivity index (χ4v) is 5.43. The molecule has 35 heavy (non-hydrogen) atoms. The lowest BCUT2D eigenvalue weighted by molar-refractivity contribution is -0.122. The van der Waals surface area contributed by atoms with Gasteiger partial charge in [-0.15, -0.1) is 0 Å². The lowest BCUT2D eigenvalue weighted by Crippen LogP contribution is -2.40. The summed E-state index contributed by atoms with van der Waals surface area (Å²) < 4.78 is 32.3. The number of amides is 1. The molecular formula is C27H31N3O4S. The van der Waals surface area contributed by atoms with Crippen molar-refractivity contribution in [3.8, 4) is 0 Å². The fraction of sp³-hybridized carbons (Fsp3) is 0.296. The van der Waals surface area contributed by atoms with Crippen LogP contribution in [0.3, 0.4) is 0 Å². The molecule has 3 aromatic carbocycles. The van der Waals surface area contributed by atoms with E-state index in [0.29, 0.717) is 45.9 Å². The highest BCUT2D eigenvalue weighted by Gasteiger charge is 2.26. The normalized spacial score (nSPS) is 14.7. The van der Waals surface area contributed by atoms with Gasteiger partial charge in [-0.2, -0.15) is 4.31 Å². The lowest BCUT2D eigenvalue weighted by Gasteiger charge is -2.26. The number of benzene rings is 3. The Kier molecular flexibility index (Phi) is 8.65. The SMILES string of the molecule is O=C(CN(Cc1ccccc1)Cc1ccccc1)NCc1ccc(S(=O)(=O)N2CCOCC2)cc1. The van der Waals surface area contributed by atoms with Crippen molar-refractivity contribution in [1.82, 2.24) is 14.5 Å². The molecule has 0 spiro atoms. The minimum atomic E-state index is -3.53. The van der Waals surface area contributed by atoms with Gasteiger partial charge >= 0.3 is 0 Å². The van der Waals surface area contributed by atoms with E-state index in [1.54, 1.807) is 24.3 Å². The molecule has 1 aliphatic rings. The topological polar surface area (TPSA) is 79.0 Å². The first-order valence-electron chi connectivity index (χ1n) is 11.7. The number of hydrogen-bond donors (Lipinski definition) is 1. The van der Waals surface area contributed by atoms with Gasteiger partial charge in [0.2, 0.25) is 15.9 Å². The molecular weight excluding hydrogens is 462 g/mol. The van der Waals surface area contributed by atoms with Crippen LogP contribution in [-0.2, 0) is 39.2 Å². The first-order chi connectivity index (χ1) is 17.0. The molecule has 1 aliphatic heterocycles. The minimum Gasteiger partial charge on any atom is -0.379 e. The van der Waals surface area contributed by atoms with Gasteiger partial charge in [0.25, 0.3) is 0 Å². The van der Waals surface area contributed by atoms with E-state index in [0.717, 1.165) is 16.7 Å². The van der Waals surface area contributed by atoms with Crippen molar-refractivity contribution in [2.24, 2.45) is 0 Å². The van der Waals surface area contributed by atoms with E-state index in [2.05, 4.69) is 34.5 Å². The zero-order valence-corrected chi connectivity index (χ0v) is 20.5. The van der Waals surface area contributed by atoms with E-state index in [1.807, 2.05) is 36.4 Å². The summed E-state index contributed by atoms with van der Waals surface area (Å²) in [6.45, 7) is 3.47. The summed E-state index contributed by atoms with van der Waals surface area (Å²) in [7, 11) is -3.53. The van der Waals surface area contributed by atoms with Crippen LogP contribution >= 0.6 is 0 Å². The largest absolute Gasteiger partial charge is 0.379 e. The Hall–Kier alpha value is -3.04. The number of hydrogen-bond acceptors (Lipinski definition) is 5. The molecule has 0 atom stereocenters. The molecule has 1 heterocycles. The van der Waals surface area contributed by atoms with E-state index in [1.165, 1.54) is 4.31 Å². The molecule has 184 valence electrons. The minimum absolute atomic E-state index is 0.0816. The summed E-state index contributed by atoms with van der Waals surface area (Å²) >= 11 is 0. The van der Waals surface area contributed by atoms with Gasteiger partial charge in [0.05, 0.1) is 24.7 Å². The second-order valence-corrected chi connectivity index (χ2v) is 10.5. The highest BCUT2D eigenvalue weighted by atomic mass is 32.2. The van der Waals surface area contributed by atoms with Crippen molar-refractivity contribution in [3.05, 3.63) is 102 Å². The number of nitrogens with zero attached hydrogens (tertiary/aromatic N) is 2. The molecule has 0 saturated carbocycles. The molecule has 4 rings (SSSR count). The van der Waals surface area contributed by atoms with Gasteiger partial charge in [0.15, 0.2) is 0 Å². The molecule has 8 heteroatoms. The number of nitrogens with one attached hydrogen (secondary N) is 1. The molecule has 1 amide bonds. The quantitative estimate of drug-likeness (QED) is 0.470. The zero-order chi connectivity index (χ0) is 24.5. The van der Waals surface area contributed by atoms with Gasteiger partial charge in [0, 0.05) is 32.7 Å². The van der Waals surface area contributed by atoms with Crippen LogP contribution in [0, 0.1) is 0 Å². The first kappa shape index (κ1) is 25.1. The maximum Gasteiger partial charge on any atom is 0.243 e. The standard InChI is InChI=1S/C27H31N3O4S/c31-27(22-29(20-24-7-3-1-4-8-24)21-25-9-5-2-6-10-25)28-19-23-11-13-26(14-12-23)35(32,33)30-15-17-34-18-16-30/h1-14H,15-22H2,(H,28,31). The van der Waals surface area contributed by atoms with Crippen molar-refractivity contribution in [1.29, 1.82) is 0 Å². The van der Waals surface area contributed by atoms with Crippen LogP contribution in [0.15, 0.2) is 89.8 Å². The third kappa shape index (κ3) is 7.22. The summed E-state index contributed by atoms with van der Waals surface area (Å²) in [6, 6.07) is 26.9. The van der Waals surface area contributed by atoms with Crippen LogP contribution in [0.1, 0.15) is 16.7 Å². The predicted molar refractivity (Wildman–Crippen MR) is 135 cm³/mol. The number of carbonyl (C=O) groups is 1. The number of sulfonamides is 1. The summed E-state index contributed by atoms with van der Waals surface area (Å²) in [6.07, 6.45) is 0. The number of ether oxygens (including phenoxy) is 1. The van der Waals surface area contributed by atoms with Crippen molar-refractivity contribution in [2.75, 3.05) is 32.8 Å². The Morgan fingerprint density at radius 2 is 1.34 bits per heavy atom. The van der Waals surface area contributed by atoms with Gasteiger partial charge in [-0.25, -0.2) is 8.42 Å². The zero-order valence-electron chi connectivity index (χ0n) is 19.7. The van der Waals surface area contributed by atoms with Gasteiger partial charge < -0.3 is 10.1 Å². The van der Waals surface area contributed by atoms with Crippen molar-refractivity contribution >= 4 is 15.9 Å². The lowest BCUT2D eigenvalue weighted by atomic mass is 10.1. The second kappa shape index (κ2) is 12.1. The average molecular weight is 494 g/mol. The summed E-state index contributed by atoms with van der Waals surface area (Å²) in [5.41, 5.74) is 3.14. The number of morpholine rings is 1. The molecule has 0 bridgehead atoms. The maximum absolute atomic E-state index is 12.8. The van der Waals surface area contributed by atoms with Crippen LogP contribution in [-0.4, -0.2) is 56.4 Å². The van der Waals surface area contributed by atoms with Crippen LogP contribution in [0.25, 0.3) is 0 Å². The molecule has 0 unspecified atom stereocenters. The molecule has 0 aromatic heterocycles. The third-order valence-corrected chi connectivity index (χ3v) is 7.80. The molecule has 0 radical (unpaired) electrons. The molecule has 3 aromatic rings. The monoisotopic (exact) mass is 493 g/mol. The smallest absolute Gasteiger partial charge is 0.243 e. The van der Waals surface area contributed by atoms with Crippen molar-refractivity contribution < 1.29 is 17.9 Å². The Balaban J connectivity index is 1.34. The predicted octanol–water partition coefficient (Wildman–Crippen LogP) is 3.03. The summed E-state index contributed by atoms with van der Waals surface area (Å²) in [5.74, 6) is -0.0816. The molecule has 1 saturated heterocycles. The number of carbonyl (C=O) groups excluding carboxylic acids is 1.